The molecule has 1 heterocycles. The predicted octanol–water partition coefficient (Wildman–Crippen LogP) is 2.88. The highest BCUT2D eigenvalue weighted by Crippen LogP contribution is 2.22. The van der Waals surface area contributed by atoms with Gasteiger partial charge in [0.1, 0.15) is 0 Å². The number of hydrogen-bond acceptors (Lipinski definition) is 5. The Morgan fingerprint density at radius 1 is 1.33 bits per heavy atom. The summed E-state index contributed by atoms with van der Waals surface area (Å²) in [5.41, 5.74) is 0.917. The van der Waals surface area contributed by atoms with Crippen molar-refractivity contribution in [1.29, 1.82) is 0 Å². The number of aromatic nitrogens is 1. The molecule has 2 rings (SSSR count). The maximum absolute atomic E-state index is 12.1. The van der Waals surface area contributed by atoms with E-state index in [4.69, 9.17) is 4.52 Å². The second-order valence-electron chi connectivity index (χ2n) is 5.87. The summed E-state index contributed by atoms with van der Waals surface area (Å²) in [7, 11) is 0. The van der Waals surface area contributed by atoms with Crippen LogP contribution in [0.1, 0.15) is 37.8 Å². The number of carbonyl (C=O) groups is 1. The van der Waals surface area contributed by atoms with Crippen LogP contribution in [0.5, 0.6) is 0 Å². The first kappa shape index (κ1) is 17.5. The van der Waals surface area contributed by atoms with Gasteiger partial charge >= 0.3 is 6.03 Å². The van der Waals surface area contributed by atoms with Crippen molar-refractivity contribution < 1.29 is 14.2 Å². The Balaban J connectivity index is 1.94. The van der Waals surface area contributed by atoms with Crippen LogP contribution >= 0.6 is 0 Å². The third-order valence-electron chi connectivity index (χ3n) is 3.62. The summed E-state index contributed by atoms with van der Waals surface area (Å²) in [5.74, 6) is 0.579. The number of benzene rings is 1. The Morgan fingerprint density at radius 3 is 2.54 bits per heavy atom. The molecule has 24 heavy (non-hydrogen) atoms. The van der Waals surface area contributed by atoms with Gasteiger partial charge in [0.2, 0.25) is 0 Å². The number of nitro groups is 1. The van der Waals surface area contributed by atoms with Gasteiger partial charge in [-0.15, -0.1) is 0 Å². The van der Waals surface area contributed by atoms with Gasteiger partial charge in [-0.2, -0.15) is 0 Å². The smallest absolute Gasteiger partial charge is 0.315 e. The molecule has 0 fully saturated rings. The average Bonchev–Trinajstić information content (AvgIpc) is 3.00. The minimum atomic E-state index is -0.685. The highest BCUT2D eigenvalue weighted by Gasteiger charge is 2.23. The molecule has 1 aromatic carbocycles. The molecule has 0 aliphatic heterocycles. The summed E-state index contributed by atoms with van der Waals surface area (Å²) in [6, 6.07) is 7.51. The molecule has 2 N–H and O–H groups in total. The van der Waals surface area contributed by atoms with Gasteiger partial charge in [-0.05, 0) is 38.0 Å². The number of nitrogens with one attached hydrogen (secondary N) is 2. The third kappa shape index (κ3) is 4.31. The quantitative estimate of drug-likeness (QED) is 0.624. The van der Waals surface area contributed by atoms with Crippen molar-refractivity contribution in [2.24, 2.45) is 0 Å². The Morgan fingerprint density at radius 2 is 2.00 bits per heavy atom. The lowest BCUT2D eigenvalue weighted by Gasteiger charge is -2.26. The molecule has 0 aliphatic carbocycles. The standard InChI is InChI=1S/C16H20N4O4/c1-4-12-9-14(24-19-12)10-17-15(21)18-16(2,3)11-5-7-13(8-6-11)20(22)23/h5-9H,4,10H2,1-3H3,(H2,17,18,21). The van der Waals surface area contributed by atoms with E-state index < -0.39 is 10.5 Å². The number of hydrogen-bond donors (Lipinski definition) is 2. The minimum absolute atomic E-state index is 0.0102. The Hall–Kier alpha value is -2.90. The number of rotatable bonds is 6. The number of amides is 2. The van der Waals surface area contributed by atoms with Crippen molar-refractivity contribution in [3.8, 4) is 0 Å². The van der Waals surface area contributed by atoms with Crippen LogP contribution in [0.2, 0.25) is 0 Å². The number of aryl methyl sites for hydroxylation is 1. The Labute approximate surface area is 139 Å². The predicted molar refractivity (Wildman–Crippen MR) is 87.4 cm³/mol. The molecular weight excluding hydrogens is 312 g/mol. The molecular formula is C16H20N4O4. The molecule has 0 aliphatic rings. The summed E-state index contributed by atoms with van der Waals surface area (Å²) in [6.45, 7) is 5.83. The minimum Gasteiger partial charge on any atom is -0.359 e. The maximum Gasteiger partial charge on any atom is 0.315 e. The fourth-order valence-corrected chi connectivity index (χ4v) is 2.17. The van der Waals surface area contributed by atoms with E-state index in [-0.39, 0.29) is 18.3 Å². The molecule has 2 amide bonds. The second kappa shape index (κ2) is 7.12. The summed E-state index contributed by atoms with van der Waals surface area (Å²) < 4.78 is 5.10. The zero-order valence-corrected chi connectivity index (χ0v) is 13.8. The molecule has 0 bridgehead atoms. The zero-order chi connectivity index (χ0) is 17.7. The van der Waals surface area contributed by atoms with E-state index in [1.54, 1.807) is 18.2 Å². The highest BCUT2D eigenvalue weighted by atomic mass is 16.6. The van der Waals surface area contributed by atoms with Gasteiger partial charge in [0.15, 0.2) is 5.76 Å². The van der Waals surface area contributed by atoms with Crippen molar-refractivity contribution in [3.05, 3.63) is 57.5 Å². The summed E-state index contributed by atoms with van der Waals surface area (Å²) in [4.78, 5) is 22.3. The highest BCUT2D eigenvalue weighted by molar-refractivity contribution is 5.74. The summed E-state index contributed by atoms with van der Waals surface area (Å²) in [5, 5.41) is 20.1. The molecule has 128 valence electrons. The fraction of sp³-hybridized carbons (Fsp3) is 0.375. The maximum atomic E-state index is 12.1. The van der Waals surface area contributed by atoms with E-state index in [2.05, 4.69) is 15.8 Å². The first-order valence-electron chi connectivity index (χ1n) is 7.57. The van der Waals surface area contributed by atoms with Crippen molar-refractivity contribution in [2.45, 2.75) is 39.3 Å². The van der Waals surface area contributed by atoms with Crippen LogP contribution in [0.4, 0.5) is 10.5 Å². The van der Waals surface area contributed by atoms with Gasteiger partial charge in [0.25, 0.3) is 5.69 Å². The molecule has 0 saturated heterocycles. The lowest BCUT2D eigenvalue weighted by atomic mass is 9.94. The van der Waals surface area contributed by atoms with E-state index in [0.717, 1.165) is 17.7 Å². The molecule has 0 unspecified atom stereocenters. The van der Waals surface area contributed by atoms with Crippen molar-refractivity contribution in [1.82, 2.24) is 15.8 Å². The fourth-order valence-electron chi connectivity index (χ4n) is 2.17. The molecule has 0 atom stereocenters. The van der Waals surface area contributed by atoms with Gasteiger partial charge in [-0.1, -0.05) is 12.1 Å². The zero-order valence-electron chi connectivity index (χ0n) is 13.8. The lowest BCUT2D eigenvalue weighted by Crippen LogP contribution is -2.46. The van der Waals surface area contributed by atoms with Crippen molar-refractivity contribution in [3.63, 3.8) is 0 Å². The molecule has 2 aromatic rings. The van der Waals surface area contributed by atoms with Gasteiger partial charge in [0, 0.05) is 18.2 Å². The Bertz CT molecular complexity index is 722. The van der Waals surface area contributed by atoms with Crippen LogP contribution in [-0.4, -0.2) is 16.1 Å². The summed E-state index contributed by atoms with van der Waals surface area (Å²) in [6.07, 6.45) is 0.767. The molecule has 8 nitrogen and oxygen atoms in total. The number of nitro benzene ring substituents is 1. The van der Waals surface area contributed by atoms with Gasteiger partial charge in [-0.25, -0.2) is 4.79 Å². The summed E-state index contributed by atoms with van der Waals surface area (Å²) >= 11 is 0. The van der Waals surface area contributed by atoms with Crippen molar-refractivity contribution in [2.75, 3.05) is 0 Å². The number of nitrogens with zero attached hydrogens (tertiary/aromatic N) is 2. The van der Waals surface area contributed by atoms with E-state index in [1.807, 2.05) is 20.8 Å². The SMILES string of the molecule is CCc1cc(CNC(=O)NC(C)(C)c2ccc([N+](=O)[O-])cc2)on1. The van der Waals surface area contributed by atoms with E-state index in [0.29, 0.717) is 5.76 Å². The number of carbonyl (C=O) groups excluding carboxylic acids is 1. The average molecular weight is 332 g/mol. The van der Waals surface area contributed by atoms with Crippen LogP contribution in [0, 0.1) is 10.1 Å². The van der Waals surface area contributed by atoms with Gasteiger partial charge in [0.05, 0.1) is 22.7 Å². The molecule has 0 radical (unpaired) electrons. The second-order valence-corrected chi connectivity index (χ2v) is 5.87. The normalized spacial score (nSPS) is 11.1. The van der Waals surface area contributed by atoms with Crippen LogP contribution in [-0.2, 0) is 18.5 Å². The molecule has 1 aromatic heterocycles. The van der Waals surface area contributed by atoms with E-state index >= 15 is 0 Å². The largest absolute Gasteiger partial charge is 0.359 e. The molecule has 0 saturated carbocycles. The van der Waals surface area contributed by atoms with Gasteiger partial charge in [-0.3, -0.25) is 10.1 Å². The first-order chi connectivity index (χ1) is 11.3. The van der Waals surface area contributed by atoms with Crippen LogP contribution in [0.15, 0.2) is 34.9 Å². The number of non-ortho nitro benzene ring substituents is 1. The monoisotopic (exact) mass is 332 g/mol. The van der Waals surface area contributed by atoms with Crippen LogP contribution in [0.25, 0.3) is 0 Å². The van der Waals surface area contributed by atoms with Crippen molar-refractivity contribution >= 4 is 11.7 Å². The van der Waals surface area contributed by atoms with Gasteiger partial charge < -0.3 is 15.2 Å². The first-order valence-corrected chi connectivity index (χ1v) is 7.57. The van der Waals surface area contributed by atoms with Crippen LogP contribution in [0.3, 0.4) is 0 Å². The lowest BCUT2D eigenvalue weighted by molar-refractivity contribution is -0.384. The number of urea groups is 1. The van der Waals surface area contributed by atoms with Crippen LogP contribution < -0.4 is 10.6 Å². The molecule has 8 heteroatoms. The third-order valence-corrected chi connectivity index (χ3v) is 3.62. The Kier molecular flexibility index (Phi) is 5.18. The topological polar surface area (TPSA) is 110 Å². The molecule has 0 spiro atoms. The van der Waals surface area contributed by atoms with E-state index in [1.165, 1.54) is 12.1 Å². The van der Waals surface area contributed by atoms with E-state index in [9.17, 15) is 14.9 Å².